The summed E-state index contributed by atoms with van der Waals surface area (Å²) in [5.41, 5.74) is 2.72. The second kappa shape index (κ2) is 8.09. The van der Waals surface area contributed by atoms with E-state index in [4.69, 9.17) is 14.5 Å². The van der Waals surface area contributed by atoms with E-state index in [0.29, 0.717) is 24.0 Å². The second-order valence-corrected chi connectivity index (χ2v) is 7.41. The number of pyridine rings is 1. The molecule has 0 bridgehead atoms. The highest BCUT2D eigenvalue weighted by atomic mass is 16.5. The van der Waals surface area contributed by atoms with Gasteiger partial charge in [0.25, 0.3) is 0 Å². The summed E-state index contributed by atoms with van der Waals surface area (Å²) in [6.07, 6.45) is 4.65. The van der Waals surface area contributed by atoms with Crippen LogP contribution in [0.25, 0.3) is 0 Å². The Morgan fingerprint density at radius 1 is 1.15 bits per heavy atom. The summed E-state index contributed by atoms with van der Waals surface area (Å²) < 4.78 is 12.0. The van der Waals surface area contributed by atoms with E-state index in [9.17, 15) is 4.79 Å². The first kappa shape index (κ1) is 18.0. The van der Waals surface area contributed by atoms with Crippen LogP contribution in [0.5, 0.6) is 11.6 Å². The molecule has 1 saturated carbocycles. The molecule has 1 aromatic carbocycles. The Labute approximate surface area is 160 Å². The average Bonchev–Trinajstić information content (AvgIpc) is 3.52. The second-order valence-electron chi connectivity index (χ2n) is 7.41. The number of ether oxygens (including phenoxy) is 2. The summed E-state index contributed by atoms with van der Waals surface area (Å²) in [5, 5.41) is 3.39. The lowest BCUT2D eigenvalue weighted by atomic mass is 9.94. The van der Waals surface area contributed by atoms with E-state index < -0.39 is 0 Å². The van der Waals surface area contributed by atoms with Gasteiger partial charge < -0.3 is 14.8 Å². The van der Waals surface area contributed by atoms with Crippen molar-refractivity contribution in [1.82, 2.24) is 10.3 Å². The molecule has 1 saturated heterocycles. The van der Waals surface area contributed by atoms with Crippen molar-refractivity contribution in [1.29, 1.82) is 0 Å². The molecule has 1 N–H and O–H groups in total. The molecule has 5 nitrogen and oxygen atoms in total. The fraction of sp³-hybridized carbons (Fsp3) is 0.455. The number of hydrogen-bond acceptors (Lipinski definition) is 5. The Balaban J connectivity index is 1.47. The molecule has 0 radical (unpaired) electrons. The van der Waals surface area contributed by atoms with E-state index in [1.165, 1.54) is 0 Å². The molecule has 4 rings (SSSR count). The molecule has 1 aromatic heterocycles. The minimum absolute atomic E-state index is 0.0412. The van der Waals surface area contributed by atoms with Crippen molar-refractivity contribution in [2.75, 3.05) is 13.1 Å². The number of nitrogens with zero attached hydrogens (tertiary/aromatic N) is 1. The number of ketones is 1. The number of aromatic nitrogens is 1. The molecule has 2 heterocycles. The SMILES string of the molecule is CC(=O)c1ccc(COc2cccc(C3CCNCC3)n2)c(OC2CC2)c1. The lowest BCUT2D eigenvalue weighted by Crippen LogP contribution is -2.27. The van der Waals surface area contributed by atoms with Gasteiger partial charge in [-0.15, -0.1) is 0 Å². The molecule has 27 heavy (non-hydrogen) atoms. The fourth-order valence-corrected chi connectivity index (χ4v) is 3.38. The maximum absolute atomic E-state index is 11.7. The molecule has 1 aliphatic carbocycles. The van der Waals surface area contributed by atoms with Crippen molar-refractivity contribution < 1.29 is 14.3 Å². The lowest BCUT2D eigenvalue weighted by molar-refractivity contribution is 0.101. The average molecular weight is 366 g/mol. The normalized spacial score (nSPS) is 17.5. The van der Waals surface area contributed by atoms with Crippen molar-refractivity contribution in [3.8, 4) is 11.6 Å². The van der Waals surface area contributed by atoms with Crippen LogP contribution in [0.3, 0.4) is 0 Å². The molecule has 0 spiro atoms. The summed E-state index contributed by atoms with van der Waals surface area (Å²) in [6, 6.07) is 11.6. The molecular weight excluding hydrogens is 340 g/mol. The van der Waals surface area contributed by atoms with Crippen LogP contribution in [0.2, 0.25) is 0 Å². The van der Waals surface area contributed by atoms with Gasteiger partial charge in [0.15, 0.2) is 5.78 Å². The van der Waals surface area contributed by atoms with Crippen LogP contribution in [0, 0.1) is 0 Å². The number of nitrogens with one attached hydrogen (secondary N) is 1. The van der Waals surface area contributed by atoms with Crippen molar-refractivity contribution in [2.45, 2.75) is 51.2 Å². The molecule has 5 heteroatoms. The van der Waals surface area contributed by atoms with Gasteiger partial charge in [0.1, 0.15) is 12.4 Å². The zero-order valence-corrected chi connectivity index (χ0v) is 15.7. The first-order valence-corrected chi connectivity index (χ1v) is 9.80. The van der Waals surface area contributed by atoms with E-state index >= 15 is 0 Å². The monoisotopic (exact) mass is 366 g/mol. The molecule has 0 amide bonds. The highest BCUT2D eigenvalue weighted by Crippen LogP contribution is 2.31. The van der Waals surface area contributed by atoms with Gasteiger partial charge in [-0.25, -0.2) is 4.98 Å². The van der Waals surface area contributed by atoms with Gasteiger partial charge in [0.2, 0.25) is 5.88 Å². The van der Waals surface area contributed by atoms with Gasteiger partial charge >= 0.3 is 0 Å². The van der Waals surface area contributed by atoms with E-state index in [1.54, 1.807) is 6.92 Å². The van der Waals surface area contributed by atoms with Gasteiger partial charge in [0.05, 0.1) is 6.10 Å². The summed E-state index contributed by atoms with van der Waals surface area (Å²) in [6.45, 7) is 4.04. The third-order valence-electron chi connectivity index (χ3n) is 5.17. The maximum atomic E-state index is 11.7. The first-order chi connectivity index (χ1) is 13.2. The van der Waals surface area contributed by atoms with Crippen LogP contribution in [0.1, 0.15) is 60.1 Å². The van der Waals surface area contributed by atoms with Crippen molar-refractivity contribution in [3.05, 3.63) is 53.2 Å². The van der Waals surface area contributed by atoms with Crippen LogP contribution in [-0.2, 0) is 6.61 Å². The Morgan fingerprint density at radius 3 is 2.70 bits per heavy atom. The van der Waals surface area contributed by atoms with E-state index in [0.717, 1.165) is 55.8 Å². The minimum Gasteiger partial charge on any atom is -0.490 e. The molecule has 1 aliphatic heterocycles. The largest absolute Gasteiger partial charge is 0.490 e. The minimum atomic E-state index is 0.0412. The summed E-state index contributed by atoms with van der Waals surface area (Å²) in [7, 11) is 0. The standard InChI is InChI=1S/C22H26N2O3/c1-15(25)17-5-6-18(21(13-17)27-19-7-8-19)14-26-22-4-2-3-20(24-22)16-9-11-23-12-10-16/h2-6,13,16,19,23H,7-12,14H2,1H3. The Bertz CT molecular complexity index is 811. The van der Waals surface area contributed by atoms with E-state index in [2.05, 4.69) is 11.4 Å². The van der Waals surface area contributed by atoms with Gasteiger partial charge in [-0.2, -0.15) is 0 Å². The Morgan fingerprint density at radius 2 is 1.96 bits per heavy atom. The predicted octanol–water partition coefficient (Wildman–Crippen LogP) is 3.87. The molecule has 2 aromatic rings. The Hall–Kier alpha value is -2.40. The number of carbonyl (C=O) groups is 1. The number of benzene rings is 1. The summed E-state index contributed by atoms with van der Waals surface area (Å²) >= 11 is 0. The van der Waals surface area contributed by atoms with Gasteiger partial charge in [0, 0.05) is 28.8 Å². The number of Topliss-reactive ketones (excluding diaryl/α,β-unsaturated/α-hetero) is 1. The number of hydrogen-bond donors (Lipinski definition) is 1. The van der Waals surface area contributed by atoms with Crippen LogP contribution >= 0.6 is 0 Å². The lowest BCUT2D eigenvalue weighted by Gasteiger charge is -2.22. The highest BCUT2D eigenvalue weighted by Gasteiger charge is 2.25. The molecule has 0 unspecified atom stereocenters. The highest BCUT2D eigenvalue weighted by molar-refractivity contribution is 5.94. The summed E-state index contributed by atoms with van der Waals surface area (Å²) in [4.78, 5) is 16.4. The Kier molecular flexibility index (Phi) is 5.39. The van der Waals surface area contributed by atoms with Crippen LogP contribution in [0.4, 0.5) is 0 Å². The van der Waals surface area contributed by atoms with E-state index in [1.807, 2.05) is 30.3 Å². The molecule has 142 valence electrons. The zero-order valence-electron chi connectivity index (χ0n) is 15.7. The van der Waals surface area contributed by atoms with Gasteiger partial charge in [-0.1, -0.05) is 18.2 Å². The number of carbonyl (C=O) groups excluding carboxylic acids is 1. The molecule has 2 aliphatic rings. The predicted molar refractivity (Wildman–Crippen MR) is 104 cm³/mol. The first-order valence-electron chi connectivity index (χ1n) is 9.80. The van der Waals surface area contributed by atoms with Gasteiger partial charge in [-0.3, -0.25) is 4.79 Å². The van der Waals surface area contributed by atoms with E-state index in [-0.39, 0.29) is 11.9 Å². The smallest absolute Gasteiger partial charge is 0.213 e. The molecule has 2 fully saturated rings. The van der Waals surface area contributed by atoms with Crippen molar-refractivity contribution in [3.63, 3.8) is 0 Å². The third-order valence-corrected chi connectivity index (χ3v) is 5.17. The van der Waals surface area contributed by atoms with Crippen molar-refractivity contribution in [2.24, 2.45) is 0 Å². The fourth-order valence-electron chi connectivity index (χ4n) is 3.38. The number of piperidine rings is 1. The van der Waals surface area contributed by atoms with Crippen LogP contribution in [-0.4, -0.2) is 30.0 Å². The van der Waals surface area contributed by atoms with Crippen LogP contribution in [0.15, 0.2) is 36.4 Å². The van der Waals surface area contributed by atoms with Crippen molar-refractivity contribution >= 4 is 5.78 Å². The van der Waals surface area contributed by atoms with Crippen LogP contribution < -0.4 is 14.8 Å². The zero-order chi connectivity index (χ0) is 18.6. The quantitative estimate of drug-likeness (QED) is 0.754. The topological polar surface area (TPSA) is 60.5 Å². The molecular formula is C22H26N2O3. The third kappa shape index (κ3) is 4.66. The number of rotatable bonds is 7. The van der Waals surface area contributed by atoms with Gasteiger partial charge in [-0.05, 0) is 57.8 Å². The molecule has 0 atom stereocenters. The maximum Gasteiger partial charge on any atom is 0.213 e. The summed E-state index contributed by atoms with van der Waals surface area (Å²) in [5.74, 6) is 1.93.